The van der Waals surface area contributed by atoms with E-state index in [4.69, 9.17) is 0 Å². The smallest absolute Gasteiger partial charge is 0.311 e. The Kier molecular flexibility index (Phi) is 6.94. The number of aryl methyl sites for hydroxylation is 2. The van der Waals surface area contributed by atoms with E-state index in [1.54, 1.807) is 20.8 Å². The lowest BCUT2D eigenvalue weighted by atomic mass is 10.0. The van der Waals surface area contributed by atoms with Gasteiger partial charge in [0.05, 0.1) is 4.92 Å². The van der Waals surface area contributed by atoms with Gasteiger partial charge >= 0.3 is 5.69 Å². The van der Waals surface area contributed by atoms with Crippen molar-refractivity contribution in [3.63, 3.8) is 0 Å². The number of benzene rings is 1. The second kappa shape index (κ2) is 9.62. The van der Waals surface area contributed by atoms with E-state index in [1.807, 2.05) is 18.2 Å². The third-order valence-corrected chi connectivity index (χ3v) is 5.34. The van der Waals surface area contributed by atoms with Crippen molar-refractivity contribution in [2.45, 2.75) is 52.2 Å². The molecule has 1 amide bonds. The third-order valence-electron chi connectivity index (χ3n) is 5.34. The minimum absolute atomic E-state index is 0.0973. The molecule has 160 valence electrons. The number of hydrogen-bond acceptors (Lipinski definition) is 7. The molecule has 1 aliphatic rings. The number of amides is 1. The average molecular weight is 412 g/mol. The van der Waals surface area contributed by atoms with Gasteiger partial charge in [0.15, 0.2) is 0 Å². The predicted octanol–water partition coefficient (Wildman–Crippen LogP) is 2.58. The Bertz CT molecular complexity index is 874. The first-order valence-electron chi connectivity index (χ1n) is 10.2. The molecule has 1 aliphatic heterocycles. The molecule has 2 N–H and O–H groups in total. The van der Waals surface area contributed by atoms with Gasteiger partial charge in [0.25, 0.3) is 0 Å². The normalized spacial score (nSPS) is 16.1. The molecule has 1 fully saturated rings. The fourth-order valence-electron chi connectivity index (χ4n) is 3.70. The number of carbonyl (C=O) groups is 1. The molecule has 0 radical (unpaired) electrons. The summed E-state index contributed by atoms with van der Waals surface area (Å²) in [7, 11) is 0. The molecule has 2 aromatic rings. The molecule has 9 nitrogen and oxygen atoms in total. The molecule has 0 bridgehead atoms. The van der Waals surface area contributed by atoms with E-state index in [1.165, 1.54) is 5.56 Å². The molecule has 1 aromatic heterocycles. The van der Waals surface area contributed by atoms with Gasteiger partial charge in [-0.15, -0.1) is 0 Å². The van der Waals surface area contributed by atoms with E-state index in [-0.39, 0.29) is 35.0 Å². The summed E-state index contributed by atoms with van der Waals surface area (Å²) < 4.78 is 0. The van der Waals surface area contributed by atoms with Crippen LogP contribution in [0.2, 0.25) is 0 Å². The quantitative estimate of drug-likeness (QED) is 0.531. The van der Waals surface area contributed by atoms with Crippen molar-refractivity contribution >= 4 is 17.5 Å². The number of likely N-dealkylation sites (tertiary alicyclic amines) is 1. The lowest BCUT2D eigenvalue weighted by molar-refractivity contribution is -0.386. The molecular formula is C21H28N6O3. The first-order valence-corrected chi connectivity index (χ1v) is 10.2. The predicted molar refractivity (Wildman–Crippen MR) is 114 cm³/mol. The maximum absolute atomic E-state index is 12.6. The zero-order chi connectivity index (χ0) is 21.7. The second-order valence-electron chi connectivity index (χ2n) is 7.73. The highest BCUT2D eigenvalue weighted by molar-refractivity contribution is 5.84. The van der Waals surface area contributed by atoms with Crippen LogP contribution < -0.4 is 10.6 Å². The Morgan fingerprint density at radius 3 is 2.37 bits per heavy atom. The van der Waals surface area contributed by atoms with Crippen molar-refractivity contribution in [2.24, 2.45) is 0 Å². The summed E-state index contributed by atoms with van der Waals surface area (Å²) in [4.78, 5) is 33.8. The summed E-state index contributed by atoms with van der Waals surface area (Å²) in [6, 6.07) is 9.96. The first-order chi connectivity index (χ1) is 14.3. The standard InChI is InChI=1S/C21H28N6O3/c1-14-19(27(29)30)15(2)23-21(22-14)24-16(3)20(28)25-18-9-11-26(12-10-18)13-17-7-5-4-6-8-17/h4-8,16,18H,9-13H2,1-3H3,(H,25,28)(H,22,23,24). The zero-order valence-electron chi connectivity index (χ0n) is 17.6. The lowest BCUT2D eigenvalue weighted by Crippen LogP contribution is -2.48. The minimum Gasteiger partial charge on any atom is -0.351 e. The van der Waals surface area contributed by atoms with E-state index in [2.05, 4.69) is 37.6 Å². The molecule has 2 heterocycles. The molecule has 0 saturated carbocycles. The second-order valence-corrected chi connectivity index (χ2v) is 7.73. The molecule has 30 heavy (non-hydrogen) atoms. The number of carbonyl (C=O) groups excluding carboxylic acids is 1. The van der Waals surface area contributed by atoms with Crippen molar-refractivity contribution in [3.8, 4) is 0 Å². The maximum Gasteiger partial charge on any atom is 0.311 e. The molecule has 1 atom stereocenters. The molecular weight excluding hydrogens is 384 g/mol. The minimum atomic E-state index is -0.549. The summed E-state index contributed by atoms with van der Waals surface area (Å²) in [6.45, 7) is 7.65. The Morgan fingerprint density at radius 1 is 1.20 bits per heavy atom. The topological polar surface area (TPSA) is 113 Å². The average Bonchev–Trinajstić information content (AvgIpc) is 2.69. The zero-order valence-corrected chi connectivity index (χ0v) is 17.6. The van der Waals surface area contributed by atoms with Gasteiger partial charge in [0, 0.05) is 25.7 Å². The van der Waals surface area contributed by atoms with Gasteiger partial charge in [-0.05, 0) is 39.2 Å². The van der Waals surface area contributed by atoms with Gasteiger partial charge in [-0.1, -0.05) is 30.3 Å². The SMILES string of the molecule is Cc1nc(NC(C)C(=O)NC2CCN(Cc3ccccc3)CC2)nc(C)c1[N+](=O)[O-]. The van der Waals surface area contributed by atoms with Gasteiger partial charge in [0.2, 0.25) is 11.9 Å². The number of anilines is 1. The van der Waals surface area contributed by atoms with Crippen LogP contribution >= 0.6 is 0 Å². The van der Waals surface area contributed by atoms with E-state index in [0.717, 1.165) is 32.5 Å². The highest BCUT2D eigenvalue weighted by Gasteiger charge is 2.24. The van der Waals surface area contributed by atoms with Crippen LogP contribution in [0.1, 0.15) is 36.7 Å². The number of aromatic nitrogens is 2. The van der Waals surface area contributed by atoms with Gasteiger partial charge in [-0.25, -0.2) is 9.97 Å². The fraction of sp³-hybridized carbons (Fsp3) is 0.476. The molecule has 0 aliphatic carbocycles. The molecule has 0 spiro atoms. The van der Waals surface area contributed by atoms with Crippen LogP contribution in [0.4, 0.5) is 11.6 Å². The van der Waals surface area contributed by atoms with E-state index < -0.39 is 11.0 Å². The van der Waals surface area contributed by atoms with Crippen LogP contribution in [0, 0.1) is 24.0 Å². The van der Waals surface area contributed by atoms with Crippen LogP contribution in [0.3, 0.4) is 0 Å². The summed E-state index contributed by atoms with van der Waals surface area (Å²) in [5, 5.41) is 17.1. The van der Waals surface area contributed by atoms with Gasteiger partial charge in [0.1, 0.15) is 17.4 Å². The molecule has 3 rings (SSSR count). The lowest BCUT2D eigenvalue weighted by Gasteiger charge is -2.33. The number of nitro groups is 1. The number of piperidine rings is 1. The monoisotopic (exact) mass is 412 g/mol. The van der Waals surface area contributed by atoms with Crippen molar-refractivity contribution < 1.29 is 9.72 Å². The van der Waals surface area contributed by atoms with Crippen LogP contribution in [0.25, 0.3) is 0 Å². The van der Waals surface area contributed by atoms with E-state index >= 15 is 0 Å². The summed E-state index contributed by atoms with van der Waals surface area (Å²) in [5.74, 6) is 0.0877. The van der Waals surface area contributed by atoms with Crippen LogP contribution in [-0.2, 0) is 11.3 Å². The summed E-state index contributed by atoms with van der Waals surface area (Å²) >= 11 is 0. The van der Waals surface area contributed by atoms with Crippen molar-refractivity contribution in [2.75, 3.05) is 18.4 Å². The maximum atomic E-state index is 12.6. The van der Waals surface area contributed by atoms with Gasteiger partial charge in [-0.2, -0.15) is 0 Å². The number of nitrogens with zero attached hydrogens (tertiary/aromatic N) is 4. The highest BCUT2D eigenvalue weighted by Crippen LogP contribution is 2.21. The highest BCUT2D eigenvalue weighted by atomic mass is 16.6. The van der Waals surface area contributed by atoms with Crippen LogP contribution in [0.15, 0.2) is 30.3 Å². The van der Waals surface area contributed by atoms with Crippen LogP contribution in [-0.4, -0.2) is 50.9 Å². The van der Waals surface area contributed by atoms with Crippen molar-refractivity contribution in [1.29, 1.82) is 0 Å². The van der Waals surface area contributed by atoms with E-state index in [9.17, 15) is 14.9 Å². The fourth-order valence-corrected chi connectivity index (χ4v) is 3.70. The van der Waals surface area contributed by atoms with E-state index in [0.29, 0.717) is 0 Å². The number of rotatable bonds is 7. The molecule has 1 unspecified atom stereocenters. The largest absolute Gasteiger partial charge is 0.351 e. The Morgan fingerprint density at radius 2 is 1.80 bits per heavy atom. The Hall–Kier alpha value is -3.07. The van der Waals surface area contributed by atoms with Crippen molar-refractivity contribution in [3.05, 3.63) is 57.4 Å². The van der Waals surface area contributed by atoms with Crippen LogP contribution in [0.5, 0.6) is 0 Å². The third kappa shape index (κ3) is 5.50. The number of nitrogens with one attached hydrogen (secondary N) is 2. The summed E-state index contributed by atoms with van der Waals surface area (Å²) in [5.41, 5.74) is 1.74. The van der Waals surface area contributed by atoms with Gasteiger partial charge < -0.3 is 10.6 Å². The molecule has 1 aromatic carbocycles. The molecule has 9 heteroatoms. The number of hydrogen-bond donors (Lipinski definition) is 2. The first kappa shape index (κ1) is 21.6. The molecule has 1 saturated heterocycles. The Labute approximate surface area is 176 Å². The Balaban J connectivity index is 1.49. The van der Waals surface area contributed by atoms with Gasteiger partial charge in [-0.3, -0.25) is 19.8 Å². The summed E-state index contributed by atoms with van der Waals surface area (Å²) in [6.07, 6.45) is 1.80. The van der Waals surface area contributed by atoms with Crippen molar-refractivity contribution in [1.82, 2.24) is 20.2 Å².